The number of aromatic nitrogens is 2. The zero-order valence-electron chi connectivity index (χ0n) is 15.8. The summed E-state index contributed by atoms with van der Waals surface area (Å²) in [5.74, 6) is -0.773. The first kappa shape index (κ1) is 18.8. The predicted molar refractivity (Wildman–Crippen MR) is 111 cm³/mol. The fourth-order valence-electron chi connectivity index (χ4n) is 3.07. The SMILES string of the molecule is CSc1nccn1-c1cccc(C(=O)NNC(=O)c2oc3ccccc3c2C)c1. The van der Waals surface area contributed by atoms with Gasteiger partial charge in [-0.15, -0.1) is 0 Å². The second-order valence-electron chi connectivity index (χ2n) is 6.29. The first-order chi connectivity index (χ1) is 14.1. The molecule has 0 aliphatic heterocycles. The molecule has 0 spiro atoms. The van der Waals surface area contributed by atoms with E-state index in [-0.39, 0.29) is 5.76 Å². The number of nitrogens with zero attached hydrogens (tertiary/aromatic N) is 2. The minimum atomic E-state index is -0.512. The molecule has 2 aromatic carbocycles. The van der Waals surface area contributed by atoms with E-state index in [4.69, 9.17) is 4.42 Å². The molecule has 4 rings (SSSR count). The fourth-order valence-corrected chi connectivity index (χ4v) is 3.60. The molecule has 0 aliphatic rings. The molecule has 146 valence electrons. The van der Waals surface area contributed by atoms with Gasteiger partial charge in [-0.2, -0.15) is 0 Å². The summed E-state index contributed by atoms with van der Waals surface area (Å²) in [5, 5.41) is 1.68. The highest BCUT2D eigenvalue weighted by Gasteiger charge is 2.18. The first-order valence-corrected chi connectivity index (χ1v) is 10.1. The van der Waals surface area contributed by atoms with E-state index in [9.17, 15) is 9.59 Å². The van der Waals surface area contributed by atoms with Gasteiger partial charge in [-0.1, -0.05) is 36.0 Å². The van der Waals surface area contributed by atoms with E-state index < -0.39 is 11.8 Å². The Bertz CT molecular complexity index is 1210. The molecule has 0 aliphatic carbocycles. The Hall–Kier alpha value is -3.52. The summed E-state index contributed by atoms with van der Waals surface area (Å²) in [5.41, 5.74) is 7.42. The number of furan rings is 1. The Morgan fingerprint density at radius 3 is 2.66 bits per heavy atom. The van der Waals surface area contributed by atoms with Crippen molar-refractivity contribution in [3.8, 4) is 5.69 Å². The number of rotatable bonds is 4. The molecule has 4 aromatic rings. The van der Waals surface area contributed by atoms with E-state index in [1.54, 1.807) is 37.4 Å². The fraction of sp³-hybridized carbons (Fsp3) is 0.0952. The van der Waals surface area contributed by atoms with Crippen molar-refractivity contribution in [2.24, 2.45) is 0 Å². The summed E-state index contributed by atoms with van der Waals surface area (Å²) in [6.45, 7) is 1.81. The molecule has 0 bridgehead atoms. The highest BCUT2D eigenvalue weighted by atomic mass is 32.2. The zero-order chi connectivity index (χ0) is 20.4. The van der Waals surface area contributed by atoms with E-state index in [1.807, 2.05) is 41.3 Å². The number of fused-ring (bicyclic) bond motifs is 1. The van der Waals surface area contributed by atoms with Crippen molar-refractivity contribution < 1.29 is 14.0 Å². The largest absolute Gasteiger partial charge is 0.451 e. The Balaban J connectivity index is 1.49. The van der Waals surface area contributed by atoms with E-state index in [1.165, 1.54) is 11.8 Å². The molecule has 0 saturated carbocycles. The van der Waals surface area contributed by atoms with Gasteiger partial charge in [0.15, 0.2) is 10.9 Å². The van der Waals surface area contributed by atoms with Gasteiger partial charge in [-0.3, -0.25) is 25.0 Å². The van der Waals surface area contributed by atoms with Crippen molar-refractivity contribution in [1.29, 1.82) is 0 Å². The number of hydrazine groups is 1. The predicted octanol–water partition coefficient (Wildman–Crippen LogP) is 3.72. The molecule has 0 fully saturated rings. The van der Waals surface area contributed by atoms with E-state index in [0.717, 1.165) is 21.8 Å². The average molecular weight is 406 g/mol. The lowest BCUT2D eigenvalue weighted by Gasteiger charge is -2.09. The minimum Gasteiger partial charge on any atom is -0.451 e. The van der Waals surface area contributed by atoms with Crippen molar-refractivity contribution in [2.45, 2.75) is 12.1 Å². The molecule has 8 heteroatoms. The third kappa shape index (κ3) is 3.62. The zero-order valence-corrected chi connectivity index (χ0v) is 16.6. The quantitative estimate of drug-likeness (QED) is 0.398. The molecule has 29 heavy (non-hydrogen) atoms. The standard InChI is InChI=1S/C21H18N4O3S/c1-13-16-8-3-4-9-17(16)28-18(13)20(27)24-23-19(26)14-6-5-7-15(12-14)25-11-10-22-21(25)29-2/h3-12H,1-2H3,(H,23,26)(H,24,27). The average Bonchev–Trinajstić information content (AvgIpc) is 3.37. The van der Waals surface area contributed by atoms with Gasteiger partial charge in [0.25, 0.3) is 5.91 Å². The maximum absolute atomic E-state index is 12.5. The van der Waals surface area contributed by atoms with E-state index >= 15 is 0 Å². The Kier molecular flexibility index (Phi) is 5.09. The number of carbonyl (C=O) groups excluding carboxylic acids is 2. The van der Waals surface area contributed by atoms with Gasteiger partial charge in [-0.05, 0) is 37.4 Å². The van der Waals surface area contributed by atoms with Crippen LogP contribution >= 0.6 is 11.8 Å². The molecule has 0 saturated heterocycles. The molecule has 7 nitrogen and oxygen atoms in total. The number of aryl methyl sites for hydroxylation is 1. The van der Waals surface area contributed by atoms with Crippen molar-refractivity contribution >= 4 is 34.5 Å². The monoisotopic (exact) mass is 406 g/mol. The van der Waals surface area contributed by atoms with Gasteiger partial charge in [0.2, 0.25) is 0 Å². The summed E-state index contributed by atoms with van der Waals surface area (Å²) in [4.78, 5) is 29.3. The van der Waals surface area contributed by atoms with Crippen LogP contribution in [0.1, 0.15) is 26.5 Å². The number of hydrogen-bond acceptors (Lipinski definition) is 5. The van der Waals surface area contributed by atoms with Gasteiger partial charge in [0, 0.05) is 34.6 Å². The van der Waals surface area contributed by atoms with Crippen LogP contribution in [0.25, 0.3) is 16.7 Å². The summed E-state index contributed by atoms with van der Waals surface area (Å²) in [7, 11) is 0. The molecule has 0 atom stereocenters. The molecule has 2 aromatic heterocycles. The van der Waals surface area contributed by atoms with Crippen LogP contribution in [0.15, 0.2) is 70.5 Å². The lowest BCUT2D eigenvalue weighted by Crippen LogP contribution is -2.41. The van der Waals surface area contributed by atoms with Crippen LogP contribution in [0, 0.1) is 6.92 Å². The number of benzene rings is 2. The molecule has 0 unspecified atom stereocenters. The highest BCUT2D eigenvalue weighted by Crippen LogP contribution is 2.24. The normalized spacial score (nSPS) is 10.8. The van der Waals surface area contributed by atoms with Crippen LogP contribution < -0.4 is 10.9 Å². The maximum atomic E-state index is 12.5. The van der Waals surface area contributed by atoms with Crippen molar-refractivity contribution in [3.63, 3.8) is 0 Å². The maximum Gasteiger partial charge on any atom is 0.305 e. The number of amides is 2. The van der Waals surface area contributed by atoms with Gasteiger partial charge < -0.3 is 4.42 Å². The first-order valence-electron chi connectivity index (χ1n) is 8.85. The molecule has 2 N–H and O–H groups in total. The van der Waals surface area contributed by atoms with Crippen LogP contribution in [0.5, 0.6) is 0 Å². The Morgan fingerprint density at radius 2 is 1.86 bits per heavy atom. The highest BCUT2D eigenvalue weighted by molar-refractivity contribution is 7.98. The number of hydrogen-bond donors (Lipinski definition) is 2. The second-order valence-corrected chi connectivity index (χ2v) is 7.07. The van der Waals surface area contributed by atoms with E-state index in [0.29, 0.717) is 11.1 Å². The van der Waals surface area contributed by atoms with Crippen LogP contribution in [0.4, 0.5) is 0 Å². The second kappa shape index (κ2) is 7.84. The minimum absolute atomic E-state index is 0.170. The van der Waals surface area contributed by atoms with Crippen LogP contribution in [-0.2, 0) is 0 Å². The number of para-hydroxylation sites is 1. The third-order valence-corrected chi connectivity index (χ3v) is 5.18. The summed E-state index contributed by atoms with van der Waals surface area (Å²) in [6, 6.07) is 14.5. The molecule has 0 radical (unpaired) electrons. The summed E-state index contributed by atoms with van der Waals surface area (Å²) in [6.07, 6.45) is 5.47. The summed E-state index contributed by atoms with van der Waals surface area (Å²) >= 11 is 1.51. The van der Waals surface area contributed by atoms with Crippen LogP contribution in [0.3, 0.4) is 0 Å². The number of thioether (sulfide) groups is 1. The molecular weight excluding hydrogens is 388 g/mol. The molecule has 2 heterocycles. The lowest BCUT2D eigenvalue weighted by atomic mass is 10.1. The van der Waals surface area contributed by atoms with Crippen LogP contribution in [-0.4, -0.2) is 27.6 Å². The van der Waals surface area contributed by atoms with Gasteiger partial charge in [0.05, 0.1) is 0 Å². The van der Waals surface area contributed by atoms with Crippen molar-refractivity contribution in [2.75, 3.05) is 6.26 Å². The smallest absolute Gasteiger partial charge is 0.305 e. The van der Waals surface area contributed by atoms with Crippen molar-refractivity contribution in [3.05, 3.63) is 77.8 Å². The van der Waals surface area contributed by atoms with Gasteiger partial charge in [-0.25, -0.2) is 4.98 Å². The van der Waals surface area contributed by atoms with Gasteiger partial charge >= 0.3 is 5.91 Å². The van der Waals surface area contributed by atoms with E-state index in [2.05, 4.69) is 15.8 Å². The Morgan fingerprint density at radius 1 is 1.07 bits per heavy atom. The van der Waals surface area contributed by atoms with Crippen LogP contribution in [0.2, 0.25) is 0 Å². The number of nitrogens with one attached hydrogen (secondary N) is 2. The third-order valence-electron chi connectivity index (χ3n) is 4.52. The summed E-state index contributed by atoms with van der Waals surface area (Å²) < 4.78 is 7.50. The van der Waals surface area contributed by atoms with Crippen molar-refractivity contribution in [1.82, 2.24) is 20.4 Å². The molecule has 2 amide bonds. The number of imidazole rings is 1. The molecular formula is C21H18N4O3S. The number of carbonyl (C=O) groups is 2. The van der Waals surface area contributed by atoms with Gasteiger partial charge in [0.1, 0.15) is 5.58 Å². The lowest BCUT2D eigenvalue weighted by molar-refractivity contribution is 0.0831. The topological polar surface area (TPSA) is 89.2 Å². The Labute approximate surface area is 171 Å².